The van der Waals surface area contributed by atoms with Crippen molar-refractivity contribution in [2.45, 2.75) is 63.1 Å². The second-order valence-electron chi connectivity index (χ2n) is 6.99. The van der Waals surface area contributed by atoms with E-state index in [2.05, 4.69) is 32.9 Å². The zero-order chi connectivity index (χ0) is 14.5. The molecule has 1 N–H and O–H groups in total. The third kappa shape index (κ3) is 2.23. The van der Waals surface area contributed by atoms with E-state index in [4.69, 9.17) is 14.2 Å². The summed E-state index contributed by atoms with van der Waals surface area (Å²) in [5.41, 5.74) is -0.404. The van der Waals surface area contributed by atoms with Gasteiger partial charge in [0.1, 0.15) is 11.7 Å². The molecule has 0 amide bonds. The number of methoxy groups -OCH3 is 1. The van der Waals surface area contributed by atoms with Crippen molar-refractivity contribution in [3.8, 4) is 0 Å². The molecule has 2 aliphatic heterocycles. The van der Waals surface area contributed by atoms with E-state index in [0.717, 1.165) is 19.4 Å². The van der Waals surface area contributed by atoms with E-state index >= 15 is 0 Å². The number of hydrogen-bond acceptors (Lipinski definition) is 4. The summed E-state index contributed by atoms with van der Waals surface area (Å²) in [6.45, 7) is 7.21. The fourth-order valence-corrected chi connectivity index (χ4v) is 3.84. The van der Waals surface area contributed by atoms with Crippen LogP contribution >= 0.6 is 0 Å². The molecule has 6 atom stereocenters. The molecule has 0 aromatic heterocycles. The zero-order valence-corrected chi connectivity index (χ0v) is 12.8. The minimum absolute atomic E-state index is 0.102. The van der Waals surface area contributed by atoms with Crippen molar-refractivity contribution in [1.82, 2.24) is 0 Å². The summed E-state index contributed by atoms with van der Waals surface area (Å²) >= 11 is 0. The van der Waals surface area contributed by atoms with Crippen molar-refractivity contribution in [2.24, 2.45) is 11.8 Å². The number of aliphatic hydroxyl groups excluding tert-OH is 1. The molecule has 114 valence electrons. The first-order chi connectivity index (χ1) is 9.43. The summed E-state index contributed by atoms with van der Waals surface area (Å²) in [5.74, 6) is 0.621. The third-order valence-corrected chi connectivity index (χ3v) is 5.10. The highest BCUT2D eigenvalue weighted by Crippen LogP contribution is 2.58. The van der Waals surface area contributed by atoms with Crippen LogP contribution in [0.3, 0.4) is 0 Å². The van der Waals surface area contributed by atoms with Crippen LogP contribution in [-0.4, -0.2) is 48.3 Å². The van der Waals surface area contributed by atoms with E-state index in [1.54, 1.807) is 7.11 Å². The normalized spacial score (nSPS) is 51.1. The third-order valence-electron chi connectivity index (χ3n) is 5.10. The van der Waals surface area contributed by atoms with Crippen molar-refractivity contribution in [2.75, 3.05) is 13.7 Å². The van der Waals surface area contributed by atoms with Crippen molar-refractivity contribution >= 4 is 0 Å². The van der Waals surface area contributed by atoms with Crippen LogP contribution < -0.4 is 0 Å². The topological polar surface area (TPSA) is 54.5 Å². The lowest BCUT2D eigenvalue weighted by Crippen LogP contribution is -2.54. The fourth-order valence-electron chi connectivity index (χ4n) is 3.84. The van der Waals surface area contributed by atoms with Crippen LogP contribution in [0.2, 0.25) is 0 Å². The van der Waals surface area contributed by atoms with E-state index in [9.17, 15) is 5.11 Å². The smallest absolute Gasteiger partial charge is 0.106 e. The maximum Gasteiger partial charge on any atom is 0.106 e. The number of aliphatic hydroxyl groups is 1. The SMILES string of the molecule is CO[C@@H]1[C@H](O)CC[C@]2(CO2)[C@H]1[C@@]1(C)O[C@@H]1/C=C/C(C)C. The lowest BCUT2D eigenvalue weighted by molar-refractivity contribution is -0.116. The molecule has 4 heteroatoms. The molecule has 1 spiro atoms. The first-order valence-corrected chi connectivity index (χ1v) is 7.64. The number of allylic oxidation sites excluding steroid dienone is 1. The van der Waals surface area contributed by atoms with Gasteiger partial charge in [-0.15, -0.1) is 0 Å². The molecule has 0 aromatic rings. The Morgan fingerprint density at radius 1 is 1.40 bits per heavy atom. The summed E-state index contributed by atoms with van der Waals surface area (Å²) in [7, 11) is 1.67. The van der Waals surface area contributed by atoms with Gasteiger partial charge in [-0.2, -0.15) is 0 Å². The largest absolute Gasteiger partial charge is 0.390 e. The van der Waals surface area contributed by atoms with Crippen LogP contribution in [0.5, 0.6) is 0 Å². The molecular formula is C16H26O4. The molecule has 0 bridgehead atoms. The monoisotopic (exact) mass is 282 g/mol. The predicted molar refractivity (Wildman–Crippen MR) is 75.5 cm³/mol. The highest BCUT2D eigenvalue weighted by Gasteiger charge is 2.71. The molecule has 3 aliphatic rings. The molecule has 1 saturated carbocycles. The van der Waals surface area contributed by atoms with Crippen molar-refractivity contribution in [1.29, 1.82) is 0 Å². The summed E-state index contributed by atoms with van der Waals surface area (Å²) in [6.07, 6.45) is 5.46. The van der Waals surface area contributed by atoms with Crippen LogP contribution in [0.25, 0.3) is 0 Å². The van der Waals surface area contributed by atoms with Gasteiger partial charge in [0.05, 0.1) is 30.3 Å². The Kier molecular flexibility index (Phi) is 3.49. The summed E-state index contributed by atoms with van der Waals surface area (Å²) < 4.78 is 17.4. The molecule has 4 nitrogen and oxygen atoms in total. The highest BCUT2D eigenvalue weighted by atomic mass is 16.6. The van der Waals surface area contributed by atoms with Gasteiger partial charge in [-0.3, -0.25) is 0 Å². The van der Waals surface area contributed by atoms with Crippen LogP contribution in [0, 0.1) is 11.8 Å². The van der Waals surface area contributed by atoms with Crippen LogP contribution in [0.1, 0.15) is 33.6 Å². The Hall–Kier alpha value is -0.420. The van der Waals surface area contributed by atoms with E-state index in [1.165, 1.54) is 0 Å². The van der Waals surface area contributed by atoms with Gasteiger partial charge < -0.3 is 19.3 Å². The van der Waals surface area contributed by atoms with Crippen molar-refractivity contribution < 1.29 is 19.3 Å². The number of hydrogen-bond donors (Lipinski definition) is 1. The Morgan fingerprint density at radius 3 is 2.65 bits per heavy atom. The maximum atomic E-state index is 10.2. The molecule has 3 fully saturated rings. The number of rotatable bonds is 4. The van der Waals surface area contributed by atoms with Gasteiger partial charge in [-0.1, -0.05) is 26.0 Å². The van der Waals surface area contributed by atoms with Crippen LogP contribution in [-0.2, 0) is 14.2 Å². The Bertz CT molecular complexity index is 401. The van der Waals surface area contributed by atoms with Crippen LogP contribution in [0.4, 0.5) is 0 Å². The molecule has 0 unspecified atom stereocenters. The number of epoxide rings is 2. The Balaban J connectivity index is 1.80. The summed E-state index contributed by atoms with van der Waals surface area (Å²) in [4.78, 5) is 0. The van der Waals surface area contributed by atoms with Crippen molar-refractivity contribution in [3.05, 3.63) is 12.2 Å². The molecule has 3 rings (SSSR count). The summed E-state index contributed by atoms with van der Waals surface area (Å²) in [5, 5.41) is 10.2. The van der Waals surface area contributed by atoms with Gasteiger partial charge in [-0.25, -0.2) is 0 Å². The highest BCUT2D eigenvalue weighted by molar-refractivity contribution is 5.23. The van der Waals surface area contributed by atoms with Crippen LogP contribution in [0.15, 0.2) is 12.2 Å². The maximum absolute atomic E-state index is 10.2. The average Bonchev–Trinajstić information content (AvgIpc) is 3.29. The van der Waals surface area contributed by atoms with Gasteiger partial charge in [0, 0.05) is 7.11 Å². The molecule has 2 heterocycles. The molecule has 2 saturated heterocycles. The fraction of sp³-hybridized carbons (Fsp3) is 0.875. The molecule has 0 radical (unpaired) electrons. The van der Waals surface area contributed by atoms with E-state index in [0.29, 0.717) is 5.92 Å². The van der Waals surface area contributed by atoms with Gasteiger partial charge in [0.2, 0.25) is 0 Å². The molecule has 0 aromatic carbocycles. The predicted octanol–water partition coefficient (Wildman–Crippen LogP) is 1.91. The van der Waals surface area contributed by atoms with Gasteiger partial charge in [0.15, 0.2) is 0 Å². The molecule has 20 heavy (non-hydrogen) atoms. The van der Waals surface area contributed by atoms with E-state index in [-0.39, 0.29) is 29.3 Å². The first kappa shape index (κ1) is 14.5. The quantitative estimate of drug-likeness (QED) is 0.632. The second kappa shape index (κ2) is 4.80. The Labute approximate surface area is 121 Å². The lowest BCUT2D eigenvalue weighted by Gasteiger charge is -2.41. The van der Waals surface area contributed by atoms with Gasteiger partial charge in [-0.05, 0) is 25.7 Å². The van der Waals surface area contributed by atoms with Crippen molar-refractivity contribution in [3.63, 3.8) is 0 Å². The zero-order valence-electron chi connectivity index (χ0n) is 12.8. The minimum Gasteiger partial charge on any atom is -0.390 e. The minimum atomic E-state index is -0.421. The average molecular weight is 282 g/mol. The van der Waals surface area contributed by atoms with Gasteiger partial charge >= 0.3 is 0 Å². The second-order valence-corrected chi connectivity index (χ2v) is 6.99. The van der Waals surface area contributed by atoms with E-state index in [1.807, 2.05) is 0 Å². The summed E-state index contributed by atoms with van der Waals surface area (Å²) in [6, 6.07) is 0. The first-order valence-electron chi connectivity index (χ1n) is 7.64. The van der Waals surface area contributed by atoms with E-state index < -0.39 is 6.10 Å². The molecular weight excluding hydrogens is 256 g/mol. The standard InChI is InChI=1S/C16H26O4/c1-10(2)5-6-12-15(3,20-12)14-13(18-4)11(17)7-8-16(14)9-19-16/h5-6,10-14,17H,7-9H2,1-4H3/b6-5+/t11-,12-,13-,14-,15+,16+/m1/s1. The lowest BCUT2D eigenvalue weighted by atomic mass is 9.68. The number of ether oxygens (including phenoxy) is 3. The Morgan fingerprint density at radius 2 is 2.10 bits per heavy atom. The van der Waals surface area contributed by atoms with Gasteiger partial charge in [0.25, 0.3) is 0 Å². The molecule has 1 aliphatic carbocycles.